The van der Waals surface area contributed by atoms with E-state index in [0.717, 1.165) is 0 Å². The van der Waals surface area contributed by atoms with Gasteiger partial charge >= 0.3 is 68.7 Å². The molecule has 16 nitrogen and oxygen atoms in total. The SMILES string of the molecule is [Al+3].[K+].[O-][Cl+3]([O-])([O-])[O-].[O-][Cl+3]([O-])([O-])[O-].[O-][Cl+3]([O-])([O-])[O-].[O-][Cl+3]([O-])([O-])[O-]. The summed E-state index contributed by atoms with van der Waals surface area (Å²) in [6.45, 7) is 0. The fourth-order valence-electron chi connectivity index (χ4n) is 0. The fourth-order valence-corrected chi connectivity index (χ4v) is 0. The molecule has 22 heteroatoms. The van der Waals surface area contributed by atoms with E-state index in [1.54, 1.807) is 0 Å². The van der Waals surface area contributed by atoms with E-state index in [4.69, 9.17) is 74.5 Å². The summed E-state index contributed by atoms with van der Waals surface area (Å²) in [6, 6.07) is 0. The van der Waals surface area contributed by atoms with E-state index in [-0.39, 0.29) is 68.7 Å². The van der Waals surface area contributed by atoms with Gasteiger partial charge in [0.05, 0.1) is 0 Å². The number of hydrogen-bond acceptors (Lipinski definition) is 16. The summed E-state index contributed by atoms with van der Waals surface area (Å²) in [5, 5.41) is 0. The summed E-state index contributed by atoms with van der Waals surface area (Å²) >= 11 is 0. The molecule has 0 amide bonds. The van der Waals surface area contributed by atoms with E-state index in [2.05, 4.69) is 0 Å². The van der Waals surface area contributed by atoms with Gasteiger partial charge in [-0.2, -0.15) is 0 Å². The van der Waals surface area contributed by atoms with Crippen molar-refractivity contribution in [1.29, 1.82) is 0 Å². The quantitative estimate of drug-likeness (QED) is 0.300. The maximum Gasteiger partial charge on any atom is 3.00 e. The van der Waals surface area contributed by atoms with Crippen LogP contribution in [-0.4, -0.2) is 17.4 Å². The van der Waals surface area contributed by atoms with Crippen molar-refractivity contribution in [2.75, 3.05) is 0 Å². The van der Waals surface area contributed by atoms with Crippen molar-refractivity contribution >= 4 is 17.4 Å². The molecular formula is AlCl4KO16. The van der Waals surface area contributed by atoms with Crippen LogP contribution in [0.3, 0.4) is 0 Å². The van der Waals surface area contributed by atoms with Gasteiger partial charge in [-0.15, -0.1) is 41.0 Å². The molecule has 0 N–H and O–H groups in total. The van der Waals surface area contributed by atoms with Gasteiger partial charge in [0.15, 0.2) is 0 Å². The molecule has 0 aliphatic rings. The van der Waals surface area contributed by atoms with Crippen LogP contribution in [0.1, 0.15) is 0 Å². The first-order valence-electron chi connectivity index (χ1n) is 2.47. The van der Waals surface area contributed by atoms with Crippen LogP contribution >= 0.6 is 0 Å². The van der Waals surface area contributed by atoms with E-state index >= 15 is 0 Å². The molecule has 0 aromatic rings. The minimum absolute atomic E-state index is 0. The molecule has 0 saturated carbocycles. The summed E-state index contributed by atoms with van der Waals surface area (Å²) in [7, 11) is -19.8. The van der Waals surface area contributed by atoms with E-state index in [1.807, 2.05) is 0 Å². The third kappa shape index (κ3) is 1480. The van der Waals surface area contributed by atoms with Crippen molar-refractivity contribution in [2.24, 2.45) is 0 Å². The predicted octanol–water partition coefficient (Wildman–Crippen LogP) is -22.4. The van der Waals surface area contributed by atoms with E-state index in [0.29, 0.717) is 0 Å². The molecular weight excluding hydrogens is 464 g/mol. The maximum atomic E-state index is 8.49. The normalized spacial score (nSPS) is 10.9. The summed E-state index contributed by atoms with van der Waals surface area (Å²) < 4.78 is 136. The van der Waals surface area contributed by atoms with Gasteiger partial charge in [-0.3, -0.25) is 0 Å². The molecule has 0 unspecified atom stereocenters. The first-order chi connectivity index (χ1) is 8.00. The monoisotopic (exact) mass is 462 g/mol. The Bertz CT molecular complexity index is 136. The van der Waals surface area contributed by atoms with Crippen molar-refractivity contribution < 1.29 is 167 Å². The van der Waals surface area contributed by atoms with Gasteiger partial charge in [-0.1, -0.05) is 0 Å². The van der Waals surface area contributed by atoms with Crippen LogP contribution in [0.5, 0.6) is 0 Å². The average molecular weight is 464 g/mol. The third-order valence-corrected chi connectivity index (χ3v) is 0. The molecule has 0 aliphatic heterocycles. The molecule has 0 aromatic carbocycles. The molecule has 0 aliphatic carbocycles. The Morgan fingerprint density at radius 1 is 0.273 bits per heavy atom. The van der Waals surface area contributed by atoms with Crippen LogP contribution in [0.25, 0.3) is 0 Å². The standard InChI is InChI=1S/Al.4ClHO4.K/c;4*2-1(3,4)5;/h;4*(H,2,3,4,5);/q+3;;;;;+1/p-4. The van der Waals surface area contributed by atoms with Gasteiger partial charge in [0.25, 0.3) is 0 Å². The minimum Gasteiger partial charge on any atom is -0.222 e. The Morgan fingerprint density at radius 3 is 0.273 bits per heavy atom. The minimum atomic E-state index is -4.94. The smallest absolute Gasteiger partial charge is 0.222 e. The van der Waals surface area contributed by atoms with Gasteiger partial charge in [0.2, 0.25) is 0 Å². The number of hydrogen-bond donors (Lipinski definition) is 0. The largest absolute Gasteiger partial charge is 3.00 e. The Hall–Kier alpha value is 2.69. The van der Waals surface area contributed by atoms with E-state index in [1.165, 1.54) is 0 Å². The van der Waals surface area contributed by atoms with Crippen LogP contribution in [0.2, 0.25) is 0 Å². The molecule has 0 bridgehead atoms. The molecule has 0 heterocycles. The Kier molecular flexibility index (Phi) is 30.9. The molecule has 0 radical (unpaired) electrons. The third-order valence-electron chi connectivity index (χ3n) is 0. The number of rotatable bonds is 0. The summed E-state index contributed by atoms with van der Waals surface area (Å²) in [5.41, 5.74) is 0. The van der Waals surface area contributed by atoms with Crippen LogP contribution in [0, 0.1) is 41.0 Å². The molecule has 0 saturated heterocycles. The molecule has 0 fully saturated rings. The molecule has 0 aromatic heterocycles. The molecule has 0 atom stereocenters. The Labute approximate surface area is 182 Å². The van der Waals surface area contributed by atoms with Gasteiger partial charge in [-0.25, -0.2) is 74.5 Å². The zero-order valence-electron chi connectivity index (χ0n) is 9.62. The first-order valence-corrected chi connectivity index (χ1v) is 7.41. The Balaban J connectivity index is -0.0000000376. The first kappa shape index (κ1) is 39.7. The second kappa shape index (κ2) is 17.1. The van der Waals surface area contributed by atoms with Crippen LogP contribution < -0.4 is 126 Å². The van der Waals surface area contributed by atoms with Crippen LogP contribution in [-0.2, 0) is 0 Å². The summed E-state index contributed by atoms with van der Waals surface area (Å²) in [4.78, 5) is 0. The van der Waals surface area contributed by atoms with Crippen molar-refractivity contribution in [3.63, 3.8) is 0 Å². The molecule has 0 rings (SSSR count). The van der Waals surface area contributed by atoms with Crippen LogP contribution in [0.4, 0.5) is 0 Å². The molecule has 0 spiro atoms. The van der Waals surface area contributed by atoms with Gasteiger partial charge < -0.3 is 0 Å². The summed E-state index contributed by atoms with van der Waals surface area (Å²) in [6.07, 6.45) is 0. The fraction of sp³-hybridized carbons (Fsp3) is 0. The van der Waals surface area contributed by atoms with Crippen molar-refractivity contribution in [2.45, 2.75) is 0 Å². The van der Waals surface area contributed by atoms with Gasteiger partial charge in [0.1, 0.15) is 0 Å². The van der Waals surface area contributed by atoms with Crippen molar-refractivity contribution in [3.05, 3.63) is 0 Å². The zero-order chi connectivity index (χ0) is 18.0. The summed E-state index contributed by atoms with van der Waals surface area (Å²) in [5.74, 6) is 0. The molecule has 22 heavy (non-hydrogen) atoms. The Morgan fingerprint density at radius 2 is 0.273 bits per heavy atom. The van der Waals surface area contributed by atoms with Crippen molar-refractivity contribution in [3.8, 4) is 0 Å². The maximum absolute atomic E-state index is 8.49. The van der Waals surface area contributed by atoms with Crippen molar-refractivity contribution in [1.82, 2.24) is 0 Å². The second-order valence-corrected chi connectivity index (χ2v) is 4.54. The van der Waals surface area contributed by atoms with Gasteiger partial charge in [-0.05, 0) is 0 Å². The molecule has 128 valence electrons. The average Bonchev–Trinajstić information content (AvgIpc) is 1.62. The zero-order valence-corrected chi connectivity index (χ0v) is 16.9. The van der Waals surface area contributed by atoms with Gasteiger partial charge in [0, 0.05) is 0 Å². The van der Waals surface area contributed by atoms with Crippen LogP contribution in [0.15, 0.2) is 0 Å². The number of halogens is 4. The van der Waals surface area contributed by atoms with E-state index < -0.39 is 41.0 Å². The van der Waals surface area contributed by atoms with E-state index in [9.17, 15) is 0 Å². The predicted molar refractivity (Wildman–Crippen MR) is 5.75 cm³/mol. The second-order valence-electron chi connectivity index (χ2n) is 1.51. The topological polar surface area (TPSA) is 369 Å².